The van der Waals surface area contributed by atoms with Gasteiger partial charge in [-0.25, -0.2) is 15.7 Å². The van der Waals surface area contributed by atoms with Gasteiger partial charge >= 0.3 is 12.1 Å². The van der Waals surface area contributed by atoms with Gasteiger partial charge in [0.25, 0.3) is 0 Å². The molecule has 0 saturated heterocycles. The average molecular weight is 386 g/mol. The lowest BCUT2D eigenvalue weighted by Crippen LogP contribution is -2.36. The number of nitrogens with zero attached hydrogens (tertiary/aromatic N) is 1. The molecule has 26 heavy (non-hydrogen) atoms. The van der Waals surface area contributed by atoms with Gasteiger partial charge in [0.2, 0.25) is 0 Å². The standard InChI is InChI=1S/C19H31NO5S/c1-19(2,3)25-18(23)20(4)10-12-26(13-11-21)15-17(22)24-14-16-8-6-5-7-9-16/h5-9,21,26H,10-15H2,1-4H3. The SMILES string of the molecule is CN(CC[SH](CCO)CC(=O)OCc1ccccc1)C(=O)OC(C)(C)C. The molecule has 0 aliphatic carbocycles. The van der Waals surface area contributed by atoms with E-state index in [0.29, 0.717) is 18.1 Å². The quantitative estimate of drug-likeness (QED) is 0.505. The van der Waals surface area contributed by atoms with E-state index >= 15 is 0 Å². The third-order valence-corrected chi connectivity index (χ3v) is 5.84. The Bertz CT molecular complexity index is 559. The van der Waals surface area contributed by atoms with Gasteiger partial charge in [-0.15, -0.1) is 0 Å². The number of benzene rings is 1. The molecule has 0 fully saturated rings. The van der Waals surface area contributed by atoms with Gasteiger partial charge in [-0.05, 0) is 37.8 Å². The highest BCUT2D eigenvalue weighted by molar-refractivity contribution is 8.17. The molecule has 1 N–H and O–H groups in total. The fraction of sp³-hybridized carbons (Fsp3) is 0.579. The number of carbonyl (C=O) groups is 2. The van der Waals surface area contributed by atoms with Crippen LogP contribution in [0.4, 0.5) is 4.79 Å². The number of aliphatic hydroxyl groups is 1. The lowest BCUT2D eigenvalue weighted by Gasteiger charge is -2.27. The Hall–Kier alpha value is -1.73. The highest BCUT2D eigenvalue weighted by atomic mass is 32.2. The summed E-state index contributed by atoms with van der Waals surface area (Å²) in [4.78, 5) is 25.6. The number of thiol groups is 1. The zero-order valence-electron chi connectivity index (χ0n) is 16.1. The number of esters is 1. The van der Waals surface area contributed by atoms with Crippen LogP contribution >= 0.6 is 10.9 Å². The smallest absolute Gasteiger partial charge is 0.410 e. The van der Waals surface area contributed by atoms with E-state index in [1.54, 1.807) is 7.05 Å². The van der Waals surface area contributed by atoms with Crippen molar-refractivity contribution in [2.24, 2.45) is 0 Å². The number of rotatable bonds is 9. The highest BCUT2D eigenvalue weighted by Gasteiger charge is 2.20. The molecular formula is C19H31NO5S. The van der Waals surface area contributed by atoms with Crippen molar-refractivity contribution in [3.63, 3.8) is 0 Å². The molecule has 0 aliphatic heterocycles. The summed E-state index contributed by atoms with van der Waals surface area (Å²) in [5.41, 5.74) is 0.402. The normalized spacial score (nSPS) is 13.0. The summed E-state index contributed by atoms with van der Waals surface area (Å²) in [6.07, 6.45) is -0.386. The van der Waals surface area contributed by atoms with E-state index in [-0.39, 0.29) is 31.0 Å². The van der Waals surface area contributed by atoms with Crippen molar-refractivity contribution in [3.8, 4) is 0 Å². The van der Waals surface area contributed by atoms with Crippen molar-refractivity contribution in [2.75, 3.05) is 37.5 Å². The Balaban J connectivity index is 2.42. The van der Waals surface area contributed by atoms with Crippen LogP contribution in [0, 0.1) is 0 Å². The van der Waals surface area contributed by atoms with Gasteiger partial charge in [0.15, 0.2) is 0 Å². The third-order valence-electron chi connectivity index (χ3n) is 3.47. The molecule has 1 atom stereocenters. The van der Waals surface area contributed by atoms with Crippen LogP contribution in [0.3, 0.4) is 0 Å². The second-order valence-corrected chi connectivity index (χ2v) is 9.60. The summed E-state index contributed by atoms with van der Waals surface area (Å²) in [5.74, 6) is 1.22. The van der Waals surface area contributed by atoms with Gasteiger partial charge in [0, 0.05) is 13.6 Å². The van der Waals surface area contributed by atoms with Crippen LogP contribution in [0.5, 0.6) is 0 Å². The summed E-state index contributed by atoms with van der Waals surface area (Å²) < 4.78 is 10.6. The van der Waals surface area contributed by atoms with E-state index in [0.717, 1.165) is 5.56 Å². The molecule has 1 unspecified atom stereocenters. The molecule has 1 amide bonds. The largest absolute Gasteiger partial charge is 0.460 e. The summed E-state index contributed by atoms with van der Waals surface area (Å²) in [7, 11) is 0.930. The van der Waals surface area contributed by atoms with Gasteiger partial charge in [-0.1, -0.05) is 30.3 Å². The molecule has 7 heteroatoms. The van der Waals surface area contributed by atoms with Crippen LogP contribution in [0.2, 0.25) is 0 Å². The number of ether oxygens (including phenoxy) is 2. The van der Waals surface area contributed by atoms with E-state index in [1.165, 1.54) is 4.90 Å². The zero-order chi connectivity index (χ0) is 19.6. The number of carbonyl (C=O) groups excluding carboxylic acids is 2. The minimum Gasteiger partial charge on any atom is -0.460 e. The van der Waals surface area contributed by atoms with E-state index in [1.807, 2.05) is 51.1 Å². The number of hydrogen-bond donors (Lipinski definition) is 2. The molecule has 148 valence electrons. The first-order valence-electron chi connectivity index (χ1n) is 8.68. The molecule has 1 rings (SSSR count). The van der Waals surface area contributed by atoms with Crippen LogP contribution in [0.15, 0.2) is 30.3 Å². The maximum Gasteiger partial charge on any atom is 0.410 e. The van der Waals surface area contributed by atoms with Crippen LogP contribution in [-0.4, -0.2) is 65.1 Å². The first-order valence-corrected chi connectivity index (χ1v) is 10.6. The Morgan fingerprint density at radius 3 is 2.38 bits per heavy atom. The monoisotopic (exact) mass is 385 g/mol. The minimum absolute atomic E-state index is 0.0216. The predicted molar refractivity (Wildman–Crippen MR) is 106 cm³/mol. The summed E-state index contributed by atoms with van der Waals surface area (Å²) in [6, 6.07) is 9.51. The fourth-order valence-electron chi connectivity index (χ4n) is 2.10. The lowest BCUT2D eigenvalue weighted by molar-refractivity contribution is -0.141. The molecule has 6 nitrogen and oxygen atoms in total. The van der Waals surface area contributed by atoms with E-state index in [9.17, 15) is 14.7 Å². The first-order chi connectivity index (χ1) is 12.2. The molecule has 0 heterocycles. The maximum atomic E-state index is 12.1. The maximum absolute atomic E-state index is 12.1. The molecule has 0 bridgehead atoms. The molecule has 0 saturated carbocycles. The predicted octanol–water partition coefficient (Wildman–Crippen LogP) is 2.59. The van der Waals surface area contributed by atoms with E-state index < -0.39 is 16.5 Å². The van der Waals surface area contributed by atoms with Crippen LogP contribution < -0.4 is 0 Å². The second-order valence-electron chi connectivity index (χ2n) is 7.05. The van der Waals surface area contributed by atoms with E-state index in [4.69, 9.17) is 9.47 Å². The van der Waals surface area contributed by atoms with Crippen LogP contribution in [0.1, 0.15) is 26.3 Å². The summed E-state index contributed by atoms with van der Waals surface area (Å²) >= 11 is 0. The van der Waals surface area contributed by atoms with Gasteiger partial charge in [-0.2, -0.15) is 0 Å². The highest BCUT2D eigenvalue weighted by Crippen LogP contribution is 2.25. The Morgan fingerprint density at radius 2 is 1.81 bits per heavy atom. The summed E-state index contributed by atoms with van der Waals surface area (Å²) in [6.45, 7) is 6.21. The van der Waals surface area contributed by atoms with Gasteiger partial charge in [0.05, 0.1) is 12.4 Å². The van der Waals surface area contributed by atoms with Crippen molar-refractivity contribution in [3.05, 3.63) is 35.9 Å². The molecule has 0 spiro atoms. The minimum atomic E-state index is -0.745. The van der Waals surface area contributed by atoms with Gasteiger partial charge in [0.1, 0.15) is 12.2 Å². The van der Waals surface area contributed by atoms with Crippen molar-refractivity contribution >= 4 is 23.0 Å². The van der Waals surface area contributed by atoms with Crippen molar-refractivity contribution in [1.29, 1.82) is 0 Å². The van der Waals surface area contributed by atoms with Crippen LogP contribution in [-0.2, 0) is 20.9 Å². The Labute approximate surface area is 158 Å². The van der Waals surface area contributed by atoms with Crippen LogP contribution in [0.25, 0.3) is 0 Å². The molecule has 0 aromatic heterocycles. The zero-order valence-corrected chi connectivity index (χ0v) is 17.0. The molecular weight excluding hydrogens is 354 g/mol. The average Bonchev–Trinajstić information content (AvgIpc) is 2.57. The Morgan fingerprint density at radius 1 is 1.15 bits per heavy atom. The van der Waals surface area contributed by atoms with E-state index in [2.05, 4.69) is 0 Å². The van der Waals surface area contributed by atoms with Crippen molar-refractivity contribution in [2.45, 2.75) is 33.0 Å². The molecule has 0 radical (unpaired) electrons. The lowest BCUT2D eigenvalue weighted by atomic mass is 10.2. The number of hydrogen-bond acceptors (Lipinski definition) is 5. The molecule has 1 aromatic carbocycles. The number of aliphatic hydroxyl groups excluding tert-OH is 1. The molecule has 0 aliphatic rings. The Kier molecular flexibility index (Phi) is 9.51. The van der Waals surface area contributed by atoms with Gasteiger partial charge in [-0.3, -0.25) is 4.79 Å². The van der Waals surface area contributed by atoms with Gasteiger partial charge < -0.3 is 19.5 Å². The fourth-order valence-corrected chi connectivity index (χ4v) is 3.96. The third kappa shape index (κ3) is 9.68. The second kappa shape index (κ2) is 11.1. The summed E-state index contributed by atoms with van der Waals surface area (Å²) in [5, 5.41) is 9.24. The topological polar surface area (TPSA) is 76.1 Å². The van der Waals surface area contributed by atoms with Crippen molar-refractivity contribution < 1.29 is 24.2 Å². The molecule has 1 aromatic rings. The van der Waals surface area contributed by atoms with Crippen molar-refractivity contribution in [1.82, 2.24) is 4.90 Å². The number of amides is 1. The first kappa shape index (κ1) is 22.3.